The molecule has 1 N–H and O–H groups in total. The van der Waals surface area contributed by atoms with Gasteiger partial charge in [-0.3, -0.25) is 4.79 Å². The molecule has 1 heterocycles. The van der Waals surface area contributed by atoms with Crippen molar-refractivity contribution in [2.75, 3.05) is 19.5 Å². The molecule has 0 spiro atoms. The van der Waals surface area contributed by atoms with Gasteiger partial charge < -0.3 is 14.8 Å². The van der Waals surface area contributed by atoms with E-state index in [0.717, 1.165) is 6.07 Å². The van der Waals surface area contributed by atoms with Crippen LogP contribution < -0.4 is 10.1 Å². The molecule has 9 heteroatoms. The Hall–Kier alpha value is -3.28. The number of carbonyl (C=O) groups is 1. The number of nitrogens with one attached hydrogen (secondary N) is 1. The van der Waals surface area contributed by atoms with Gasteiger partial charge in [0.15, 0.2) is 0 Å². The zero-order valence-corrected chi connectivity index (χ0v) is 18.5. The molecule has 0 radical (unpaired) electrons. The van der Waals surface area contributed by atoms with Crippen LogP contribution in [0.1, 0.15) is 55.5 Å². The number of nitriles is 1. The summed E-state index contributed by atoms with van der Waals surface area (Å²) in [6, 6.07) is 7.29. The van der Waals surface area contributed by atoms with Crippen LogP contribution in [-0.4, -0.2) is 25.7 Å². The predicted molar refractivity (Wildman–Crippen MR) is 113 cm³/mol. The number of benzene rings is 1. The van der Waals surface area contributed by atoms with Crippen molar-refractivity contribution < 1.29 is 27.4 Å². The van der Waals surface area contributed by atoms with Crippen LogP contribution in [0.3, 0.4) is 0 Å². The molecule has 0 aliphatic carbocycles. The lowest BCUT2D eigenvalue weighted by molar-refractivity contribution is -0.137. The van der Waals surface area contributed by atoms with Gasteiger partial charge in [-0.25, -0.2) is 4.98 Å². The summed E-state index contributed by atoms with van der Waals surface area (Å²) < 4.78 is 48.7. The highest BCUT2D eigenvalue weighted by Gasteiger charge is 2.35. The summed E-state index contributed by atoms with van der Waals surface area (Å²) in [6.07, 6.45) is -1.90. The van der Waals surface area contributed by atoms with Gasteiger partial charge in [-0.2, -0.15) is 18.4 Å². The summed E-state index contributed by atoms with van der Waals surface area (Å²) in [5.41, 5.74) is 0.564. The van der Waals surface area contributed by atoms with Gasteiger partial charge in [0.25, 0.3) is 6.47 Å². The molecular formula is C22H28F3N3O3. The fourth-order valence-corrected chi connectivity index (χ4v) is 2.33. The minimum Gasteiger partial charge on any atom is -0.496 e. The number of hydrogen-bond donors (Lipinski definition) is 1. The van der Waals surface area contributed by atoms with Crippen molar-refractivity contribution in [2.45, 2.75) is 46.3 Å². The van der Waals surface area contributed by atoms with Crippen molar-refractivity contribution in [1.82, 2.24) is 4.98 Å². The summed E-state index contributed by atoms with van der Waals surface area (Å²) in [5.74, 6) is 0.222. The normalized spacial score (nSPS) is 10.8. The van der Waals surface area contributed by atoms with Crippen LogP contribution in [0.4, 0.5) is 19.0 Å². The summed E-state index contributed by atoms with van der Waals surface area (Å²) >= 11 is 0. The molecule has 0 aliphatic rings. The maximum Gasteiger partial charge on any atom is 0.419 e. The van der Waals surface area contributed by atoms with E-state index < -0.39 is 17.8 Å². The zero-order valence-electron chi connectivity index (χ0n) is 18.5. The van der Waals surface area contributed by atoms with E-state index in [1.165, 1.54) is 26.8 Å². The number of pyridine rings is 1. The number of carbonyl (C=O) groups excluding carboxylic acids is 1. The molecule has 0 fully saturated rings. The third kappa shape index (κ3) is 9.38. The minimum absolute atomic E-state index is 0.259. The number of hydrogen-bond acceptors (Lipinski definition) is 6. The van der Waals surface area contributed by atoms with Crippen LogP contribution in [-0.2, 0) is 15.7 Å². The summed E-state index contributed by atoms with van der Waals surface area (Å²) in [5, 5.41) is 11.8. The van der Waals surface area contributed by atoms with Crippen molar-refractivity contribution in [3.8, 4) is 11.8 Å². The molecule has 170 valence electrons. The monoisotopic (exact) mass is 439 g/mol. The van der Waals surface area contributed by atoms with Crippen molar-refractivity contribution in [2.24, 2.45) is 0 Å². The van der Waals surface area contributed by atoms with Crippen molar-refractivity contribution >= 4 is 12.3 Å². The summed E-state index contributed by atoms with van der Waals surface area (Å²) in [7, 11) is 2.77. The lowest BCUT2D eigenvalue weighted by Gasteiger charge is -2.21. The molecule has 0 amide bonds. The van der Waals surface area contributed by atoms with Crippen LogP contribution in [0.2, 0.25) is 0 Å². The number of alkyl halides is 3. The van der Waals surface area contributed by atoms with E-state index >= 15 is 0 Å². The first-order valence-electron chi connectivity index (χ1n) is 9.44. The van der Waals surface area contributed by atoms with E-state index in [-0.39, 0.29) is 5.82 Å². The van der Waals surface area contributed by atoms with Gasteiger partial charge in [0.05, 0.1) is 37.5 Å². The lowest BCUT2D eigenvalue weighted by Crippen LogP contribution is -2.16. The second kappa shape index (κ2) is 13.9. The highest BCUT2D eigenvalue weighted by atomic mass is 19.4. The lowest BCUT2D eigenvalue weighted by atomic mass is 10.0. The van der Waals surface area contributed by atoms with E-state index in [1.807, 2.05) is 6.07 Å². The Morgan fingerprint density at radius 1 is 1.26 bits per heavy atom. The smallest absolute Gasteiger partial charge is 0.419 e. The Bertz CT molecular complexity index is 865. The number of methoxy groups -OCH3 is 2. The number of halogens is 3. The molecule has 0 aliphatic heterocycles. The number of ether oxygens (including phenoxy) is 2. The molecule has 2 rings (SSSR count). The van der Waals surface area contributed by atoms with Gasteiger partial charge in [-0.1, -0.05) is 20.3 Å². The predicted octanol–water partition coefficient (Wildman–Crippen LogP) is 5.67. The third-order valence-electron chi connectivity index (χ3n) is 3.60. The van der Waals surface area contributed by atoms with E-state index in [9.17, 15) is 13.2 Å². The molecule has 1 aromatic carbocycles. The standard InChI is InChI=1S/C17H16F3N3O.C3H8.C2H4O2/c1-10-6-14(17(18,19)20)16(22-9-10)23-11(2)13-7-12(8-21)4-5-15(13)24-3;1-3-2;1-4-2-3/h4-7,9,11H,1-3H3,(H,22,23);3H2,1-2H3;2H,1H3/t11-;;/m0../s1. The number of aryl methyl sites for hydroxylation is 1. The molecule has 0 saturated carbocycles. The van der Waals surface area contributed by atoms with Crippen LogP contribution in [0.5, 0.6) is 5.75 Å². The fourth-order valence-electron chi connectivity index (χ4n) is 2.33. The third-order valence-corrected chi connectivity index (χ3v) is 3.60. The first-order valence-corrected chi connectivity index (χ1v) is 9.44. The van der Waals surface area contributed by atoms with Gasteiger partial charge in [0, 0.05) is 11.8 Å². The van der Waals surface area contributed by atoms with Gasteiger partial charge >= 0.3 is 6.18 Å². The Labute approximate surface area is 181 Å². The Morgan fingerprint density at radius 3 is 2.29 bits per heavy atom. The molecule has 0 saturated heterocycles. The topological polar surface area (TPSA) is 84.2 Å². The molecule has 1 aromatic heterocycles. The fraction of sp³-hybridized carbons (Fsp3) is 0.409. The largest absolute Gasteiger partial charge is 0.496 e. The molecule has 2 aromatic rings. The molecule has 0 unspecified atom stereocenters. The van der Waals surface area contributed by atoms with Crippen LogP contribution >= 0.6 is 0 Å². The van der Waals surface area contributed by atoms with Crippen LogP contribution in [0.15, 0.2) is 30.5 Å². The van der Waals surface area contributed by atoms with Gasteiger partial charge in [0.1, 0.15) is 11.6 Å². The Morgan fingerprint density at radius 2 is 1.84 bits per heavy atom. The molecule has 1 atom stereocenters. The zero-order chi connectivity index (χ0) is 24.0. The van der Waals surface area contributed by atoms with Crippen LogP contribution in [0.25, 0.3) is 0 Å². The number of rotatable bonds is 5. The molecule has 6 nitrogen and oxygen atoms in total. The van der Waals surface area contributed by atoms with E-state index in [4.69, 9.17) is 14.8 Å². The first kappa shape index (κ1) is 27.7. The quantitative estimate of drug-likeness (QED) is 0.605. The van der Waals surface area contributed by atoms with Gasteiger partial charge in [0.2, 0.25) is 0 Å². The van der Waals surface area contributed by atoms with E-state index in [2.05, 4.69) is 28.9 Å². The number of anilines is 1. The maximum absolute atomic E-state index is 13.2. The number of aromatic nitrogens is 1. The Balaban J connectivity index is 0.00000113. The summed E-state index contributed by atoms with van der Waals surface area (Å²) in [6.45, 7) is 7.86. The van der Waals surface area contributed by atoms with Crippen molar-refractivity contribution in [3.05, 3.63) is 52.7 Å². The van der Waals surface area contributed by atoms with Crippen LogP contribution in [0, 0.1) is 18.3 Å². The van der Waals surface area contributed by atoms with E-state index in [1.54, 1.807) is 32.0 Å². The second-order valence-electron chi connectivity index (χ2n) is 6.38. The molecular weight excluding hydrogens is 411 g/mol. The molecule has 0 bridgehead atoms. The number of nitrogens with zero attached hydrogens (tertiary/aromatic N) is 2. The average Bonchev–Trinajstić information content (AvgIpc) is 2.74. The highest BCUT2D eigenvalue weighted by Crippen LogP contribution is 2.36. The van der Waals surface area contributed by atoms with E-state index in [0.29, 0.717) is 28.9 Å². The van der Waals surface area contributed by atoms with Crippen molar-refractivity contribution in [1.29, 1.82) is 5.26 Å². The molecule has 31 heavy (non-hydrogen) atoms. The Kier molecular flexibility index (Phi) is 12.4. The highest BCUT2D eigenvalue weighted by molar-refractivity contribution is 5.51. The van der Waals surface area contributed by atoms with Crippen molar-refractivity contribution in [3.63, 3.8) is 0 Å². The summed E-state index contributed by atoms with van der Waals surface area (Å²) in [4.78, 5) is 12.8. The second-order valence-corrected chi connectivity index (χ2v) is 6.38. The minimum atomic E-state index is -4.51. The maximum atomic E-state index is 13.2. The average molecular weight is 439 g/mol. The first-order chi connectivity index (χ1) is 14.6. The SMILES string of the molecule is CCC.COC=O.COc1ccc(C#N)cc1[C@H](C)Nc1ncc(C)cc1C(F)(F)F. The van der Waals surface area contributed by atoms with Gasteiger partial charge in [-0.05, 0) is 43.7 Å². The van der Waals surface area contributed by atoms with Gasteiger partial charge in [-0.15, -0.1) is 0 Å².